The molecular formula is C18H23N3. The molecule has 3 heteroatoms. The van der Waals surface area contributed by atoms with Crippen LogP contribution in [0.15, 0.2) is 48.5 Å². The number of nitrogens with zero attached hydrogens (tertiary/aromatic N) is 2. The van der Waals surface area contributed by atoms with Crippen molar-refractivity contribution in [3.05, 3.63) is 59.8 Å². The van der Waals surface area contributed by atoms with Gasteiger partial charge in [-0.25, -0.2) is 4.98 Å². The Morgan fingerprint density at radius 2 is 1.76 bits per heavy atom. The van der Waals surface area contributed by atoms with Crippen molar-refractivity contribution in [1.29, 1.82) is 0 Å². The van der Waals surface area contributed by atoms with E-state index in [1.54, 1.807) is 0 Å². The van der Waals surface area contributed by atoms with Crippen molar-refractivity contribution in [1.82, 2.24) is 9.88 Å². The number of nitrogen functional groups attached to an aromatic ring is 1. The minimum atomic E-state index is 0.617. The van der Waals surface area contributed by atoms with E-state index in [4.69, 9.17) is 5.73 Å². The van der Waals surface area contributed by atoms with Crippen molar-refractivity contribution in [2.24, 2.45) is 5.92 Å². The number of piperidine rings is 1. The number of rotatable bonds is 4. The van der Waals surface area contributed by atoms with E-state index in [0.717, 1.165) is 31.2 Å². The van der Waals surface area contributed by atoms with E-state index < -0.39 is 0 Å². The molecule has 1 aliphatic rings. The first-order chi connectivity index (χ1) is 10.3. The molecule has 0 saturated carbocycles. The average Bonchev–Trinajstić information content (AvgIpc) is 2.50. The lowest BCUT2D eigenvalue weighted by molar-refractivity contribution is 0.175. The molecule has 0 spiro atoms. The quantitative estimate of drug-likeness (QED) is 0.936. The zero-order valence-electron chi connectivity index (χ0n) is 12.4. The summed E-state index contributed by atoms with van der Waals surface area (Å²) in [6.07, 6.45) is 3.76. The Hall–Kier alpha value is -1.87. The topological polar surface area (TPSA) is 42.1 Å². The molecule has 1 saturated heterocycles. The van der Waals surface area contributed by atoms with Crippen molar-refractivity contribution in [3.63, 3.8) is 0 Å². The number of anilines is 1. The molecule has 110 valence electrons. The fourth-order valence-electron chi connectivity index (χ4n) is 3.11. The first-order valence-corrected chi connectivity index (χ1v) is 7.77. The SMILES string of the molecule is Nc1cccc(CN2CCC(Cc3ccccc3)CC2)n1. The van der Waals surface area contributed by atoms with Crippen LogP contribution in [0.2, 0.25) is 0 Å². The van der Waals surface area contributed by atoms with E-state index in [1.807, 2.05) is 12.1 Å². The van der Waals surface area contributed by atoms with Crippen molar-refractivity contribution in [2.45, 2.75) is 25.8 Å². The molecule has 0 atom stereocenters. The number of aromatic nitrogens is 1. The van der Waals surface area contributed by atoms with Gasteiger partial charge in [-0.3, -0.25) is 4.90 Å². The smallest absolute Gasteiger partial charge is 0.123 e. The zero-order valence-corrected chi connectivity index (χ0v) is 12.4. The van der Waals surface area contributed by atoms with Crippen molar-refractivity contribution in [3.8, 4) is 0 Å². The number of hydrogen-bond donors (Lipinski definition) is 1. The molecular weight excluding hydrogens is 258 g/mol. The summed E-state index contributed by atoms with van der Waals surface area (Å²) in [6.45, 7) is 3.24. The van der Waals surface area contributed by atoms with Gasteiger partial charge in [0.25, 0.3) is 0 Å². The van der Waals surface area contributed by atoms with Crippen LogP contribution in [0, 0.1) is 5.92 Å². The molecule has 0 amide bonds. The Morgan fingerprint density at radius 1 is 1.00 bits per heavy atom. The fraction of sp³-hybridized carbons (Fsp3) is 0.389. The molecule has 0 unspecified atom stereocenters. The lowest BCUT2D eigenvalue weighted by Crippen LogP contribution is -2.34. The van der Waals surface area contributed by atoms with Crippen LogP contribution in [0.25, 0.3) is 0 Å². The number of likely N-dealkylation sites (tertiary alicyclic amines) is 1. The molecule has 3 rings (SSSR count). The third kappa shape index (κ3) is 4.05. The van der Waals surface area contributed by atoms with Gasteiger partial charge in [-0.2, -0.15) is 0 Å². The Balaban J connectivity index is 1.49. The lowest BCUT2D eigenvalue weighted by atomic mass is 9.90. The first kappa shape index (κ1) is 14.1. The molecule has 2 aromatic rings. The van der Waals surface area contributed by atoms with E-state index in [9.17, 15) is 0 Å². The van der Waals surface area contributed by atoms with Gasteiger partial charge in [0, 0.05) is 6.54 Å². The standard InChI is InChI=1S/C18H23N3/c19-18-8-4-7-17(20-18)14-21-11-9-16(10-12-21)13-15-5-2-1-3-6-15/h1-8,16H,9-14H2,(H2,19,20). The molecule has 2 heterocycles. The van der Waals surface area contributed by atoms with Gasteiger partial charge in [-0.15, -0.1) is 0 Å². The monoisotopic (exact) mass is 281 g/mol. The minimum Gasteiger partial charge on any atom is -0.384 e. The summed E-state index contributed by atoms with van der Waals surface area (Å²) in [6, 6.07) is 16.7. The highest BCUT2D eigenvalue weighted by Gasteiger charge is 2.19. The maximum atomic E-state index is 5.74. The highest BCUT2D eigenvalue weighted by Crippen LogP contribution is 2.22. The normalized spacial score (nSPS) is 17.0. The summed E-state index contributed by atoms with van der Waals surface area (Å²) < 4.78 is 0. The Morgan fingerprint density at radius 3 is 2.48 bits per heavy atom. The summed E-state index contributed by atoms with van der Waals surface area (Å²) in [4.78, 5) is 6.88. The van der Waals surface area contributed by atoms with Crippen LogP contribution in [-0.4, -0.2) is 23.0 Å². The van der Waals surface area contributed by atoms with Crippen LogP contribution >= 0.6 is 0 Å². The van der Waals surface area contributed by atoms with Crippen LogP contribution < -0.4 is 5.73 Å². The van der Waals surface area contributed by atoms with Gasteiger partial charge in [0.15, 0.2) is 0 Å². The van der Waals surface area contributed by atoms with Crippen LogP contribution in [0.5, 0.6) is 0 Å². The lowest BCUT2D eigenvalue weighted by Gasteiger charge is -2.31. The van der Waals surface area contributed by atoms with E-state index in [1.165, 1.54) is 24.8 Å². The molecule has 21 heavy (non-hydrogen) atoms. The molecule has 1 aromatic heterocycles. The predicted molar refractivity (Wildman–Crippen MR) is 86.8 cm³/mol. The van der Waals surface area contributed by atoms with E-state index >= 15 is 0 Å². The number of pyridine rings is 1. The van der Waals surface area contributed by atoms with Crippen molar-refractivity contribution >= 4 is 5.82 Å². The first-order valence-electron chi connectivity index (χ1n) is 7.77. The van der Waals surface area contributed by atoms with E-state index in [2.05, 4.69) is 46.3 Å². The van der Waals surface area contributed by atoms with E-state index in [-0.39, 0.29) is 0 Å². The second kappa shape index (κ2) is 6.72. The van der Waals surface area contributed by atoms with Crippen LogP contribution in [-0.2, 0) is 13.0 Å². The van der Waals surface area contributed by atoms with Gasteiger partial charge in [-0.05, 0) is 56.0 Å². The highest BCUT2D eigenvalue weighted by atomic mass is 15.1. The van der Waals surface area contributed by atoms with Gasteiger partial charge in [0.05, 0.1) is 5.69 Å². The van der Waals surface area contributed by atoms with Gasteiger partial charge in [0.2, 0.25) is 0 Å². The Labute approximate surface area is 126 Å². The minimum absolute atomic E-state index is 0.617. The molecule has 1 aromatic carbocycles. The molecule has 0 radical (unpaired) electrons. The Kier molecular flexibility index (Phi) is 4.51. The number of benzene rings is 1. The molecule has 0 aliphatic carbocycles. The van der Waals surface area contributed by atoms with Crippen LogP contribution in [0.1, 0.15) is 24.1 Å². The van der Waals surface area contributed by atoms with Gasteiger partial charge < -0.3 is 5.73 Å². The highest BCUT2D eigenvalue weighted by molar-refractivity contribution is 5.28. The summed E-state index contributed by atoms with van der Waals surface area (Å²) in [5, 5.41) is 0. The molecule has 1 aliphatic heterocycles. The molecule has 1 fully saturated rings. The van der Waals surface area contributed by atoms with Crippen LogP contribution in [0.3, 0.4) is 0 Å². The maximum Gasteiger partial charge on any atom is 0.123 e. The summed E-state index contributed by atoms with van der Waals surface area (Å²) >= 11 is 0. The summed E-state index contributed by atoms with van der Waals surface area (Å²) in [5.41, 5.74) is 8.29. The largest absolute Gasteiger partial charge is 0.384 e. The molecule has 3 nitrogen and oxygen atoms in total. The summed E-state index contributed by atoms with van der Waals surface area (Å²) in [7, 11) is 0. The Bertz CT molecular complexity index is 560. The third-order valence-electron chi connectivity index (χ3n) is 4.29. The van der Waals surface area contributed by atoms with E-state index in [0.29, 0.717) is 5.82 Å². The van der Waals surface area contributed by atoms with Crippen molar-refractivity contribution < 1.29 is 0 Å². The van der Waals surface area contributed by atoms with Crippen LogP contribution in [0.4, 0.5) is 5.82 Å². The number of nitrogens with two attached hydrogens (primary N) is 1. The van der Waals surface area contributed by atoms with Gasteiger partial charge in [-0.1, -0.05) is 36.4 Å². The van der Waals surface area contributed by atoms with Crippen molar-refractivity contribution in [2.75, 3.05) is 18.8 Å². The summed E-state index contributed by atoms with van der Waals surface area (Å²) in [5.74, 6) is 1.43. The molecule has 2 N–H and O–H groups in total. The van der Waals surface area contributed by atoms with Gasteiger partial charge in [0.1, 0.15) is 5.82 Å². The second-order valence-electron chi connectivity index (χ2n) is 5.96. The zero-order chi connectivity index (χ0) is 14.5. The number of hydrogen-bond acceptors (Lipinski definition) is 3. The van der Waals surface area contributed by atoms with Gasteiger partial charge >= 0.3 is 0 Å². The fourth-order valence-corrected chi connectivity index (χ4v) is 3.11. The maximum absolute atomic E-state index is 5.74. The third-order valence-corrected chi connectivity index (χ3v) is 4.29. The predicted octanol–water partition coefficient (Wildman–Crippen LogP) is 3.12. The average molecular weight is 281 g/mol. The molecule has 0 bridgehead atoms. The second-order valence-corrected chi connectivity index (χ2v) is 5.96.